The number of halogens is 2. The second kappa shape index (κ2) is 4.33. The summed E-state index contributed by atoms with van der Waals surface area (Å²) in [7, 11) is 0. The molecule has 0 amide bonds. The second-order valence-corrected chi connectivity index (χ2v) is 7.99. The number of rotatable bonds is 1. The first-order valence-electron chi connectivity index (χ1n) is 3.33. The van der Waals surface area contributed by atoms with E-state index in [1.54, 1.807) is 0 Å². The van der Waals surface area contributed by atoms with Gasteiger partial charge in [0.15, 0.2) is 0 Å². The zero-order chi connectivity index (χ0) is 6.69. The molecule has 1 aliphatic rings. The maximum absolute atomic E-state index is 5.76. The van der Waals surface area contributed by atoms with Crippen molar-refractivity contribution in [1.82, 2.24) is 0 Å². The van der Waals surface area contributed by atoms with Crippen molar-refractivity contribution in [2.24, 2.45) is 5.73 Å². The van der Waals surface area contributed by atoms with Crippen molar-refractivity contribution in [3.05, 3.63) is 0 Å². The zero-order valence-corrected chi connectivity index (χ0v) is 9.63. The van der Waals surface area contributed by atoms with Gasteiger partial charge in [0.1, 0.15) is 0 Å². The summed E-state index contributed by atoms with van der Waals surface area (Å²) < 4.78 is 1.09. The van der Waals surface area contributed by atoms with Crippen molar-refractivity contribution < 1.29 is 17.2 Å². The molecule has 1 saturated carbocycles. The fourth-order valence-corrected chi connectivity index (χ4v) is 5.51. The van der Waals surface area contributed by atoms with E-state index < -0.39 is 0 Å². The molecule has 1 aliphatic carbocycles. The number of hydrogen-bond donors (Lipinski definition) is 1. The average Bonchev–Trinajstić information content (AvgIpc) is 1.90. The second-order valence-electron chi connectivity index (χ2n) is 2.59. The molecule has 1 rings (SSSR count). The van der Waals surface area contributed by atoms with E-state index in [0.717, 1.165) is 3.92 Å². The Hall–Kier alpha value is 1.42. The third-order valence-corrected chi connectivity index (χ3v) is 8.20. The van der Waals surface area contributed by atoms with E-state index in [4.69, 9.17) is 5.73 Å². The molecule has 2 N–H and O–H groups in total. The first-order valence-corrected chi connectivity index (χ1v) is 10.9. The molecule has 56 valence electrons. The molecule has 3 heteroatoms. The molecule has 0 bridgehead atoms. The van der Waals surface area contributed by atoms with E-state index in [9.17, 15) is 0 Å². The molecule has 0 atom stereocenters. The minimum atomic E-state index is 0.481. The van der Waals surface area contributed by atoms with Gasteiger partial charge in [-0.3, -0.25) is 0 Å². The van der Waals surface area contributed by atoms with Crippen LogP contribution in [-0.2, 0) is 0 Å². The van der Waals surface area contributed by atoms with Gasteiger partial charge in [-0.2, -0.15) is 0 Å². The van der Waals surface area contributed by atoms with Crippen molar-refractivity contribution in [2.45, 2.75) is 35.6 Å². The minimum absolute atomic E-state index is 0.481. The third kappa shape index (κ3) is 2.88. The first kappa shape index (κ1) is 8.52. The Kier molecular flexibility index (Phi) is 4.10. The third-order valence-electron chi connectivity index (χ3n) is 1.82. The monoisotopic (exact) mass is 352 g/mol. The fourth-order valence-electron chi connectivity index (χ4n) is 1.16. The van der Waals surface area contributed by atoms with Gasteiger partial charge in [0.05, 0.1) is 0 Å². The molecule has 0 aliphatic heterocycles. The normalized spacial score (nSPS) is 37.1. The predicted molar refractivity (Wildman–Crippen MR) is 44.3 cm³/mol. The molecule has 1 fully saturated rings. The maximum atomic E-state index is 5.76. The molecule has 0 aromatic heterocycles. The molecule has 1 nitrogen and oxygen atoms in total. The predicted octanol–water partition coefficient (Wildman–Crippen LogP) is -1.30. The van der Waals surface area contributed by atoms with E-state index in [-0.39, 0.29) is 0 Å². The summed E-state index contributed by atoms with van der Waals surface area (Å²) >= 11 is 3.06. The summed E-state index contributed by atoms with van der Waals surface area (Å²) in [6.07, 6.45) is 5.40. The van der Waals surface area contributed by atoms with Crippen LogP contribution in [0.4, 0.5) is 0 Å². The van der Waals surface area contributed by atoms with E-state index >= 15 is 0 Å². The fraction of sp³-hybridized carbons (Fsp3) is 1.00. The topological polar surface area (TPSA) is 26.0 Å². The van der Waals surface area contributed by atoms with E-state index in [2.05, 4.69) is 18.6 Å². The molecule has 0 unspecified atom stereocenters. The average molecular weight is 352 g/mol. The Morgan fingerprint density at radius 3 is 2.22 bits per heavy atom. The Balaban J connectivity index is 2.18. The molecule has 0 spiro atoms. The van der Waals surface area contributed by atoms with Gasteiger partial charge in [0.2, 0.25) is 0 Å². The standard InChI is InChI=1S/C6H12I2N/c7-8-5-1-3-6(9)4-2-5/h5-6H,1-4,9H2/q-1. The molecule has 0 heterocycles. The summed E-state index contributed by atoms with van der Waals surface area (Å²) in [5.41, 5.74) is 5.76. The van der Waals surface area contributed by atoms with Crippen molar-refractivity contribution in [2.75, 3.05) is 0 Å². The molecular weight excluding hydrogens is 340 g/mol. The number of alkyl halides is 1. The van der Waals surface area contributed by atoms with Crippen LogP contribution < -0.4 is 23.0 Å². The van der Waals surface area contributed by atoms with Crippen molar-refractivity contribution in [3.8, 4) is 0 Å². The summed E-state index contributed by atoms with van der Waals surface area (Å²) in [6.45, 7) is 0. The summed E-state index contributed by atoms with van der Waals surface area (Å²) in [5.74, 6) is 0. The quantitative estimate of drug-likeness (QED) is 0.461. The van der Waals surface area contributed by atoms with Gasteiger partial charge in [-0.05, 0) is 0 Å². The molecule has 0 aromatic carbocycles. The van der Waals surface area contributed by atoms with Crippen LogP contribution >= 0.6 is 18.6 Å². The van der Waals surface area contributed by atoms with Crippen LogP contribution in [0.25, 0.3) is 0 Å². The van der Waals surface area contributed by atoms with E-state index in [1.807, 2.05) is 0 Å². The van der Waals surface area contributed by atoms with Crippen LogP contribution in [0.1, 0.15) is 25.7 Å². The van der Waals surface area contributed by atoms with Crippen molar-refractivity contribution >= 4 is 18.6 Å². The molecule has 9 heavy (non-hydrogen) atoms. The molecule has 0 saturated heterocycles. The van der Waals surface area contributed by atoms with Crippen LogP contribution in [0.5, 0.6) is 0 Å². The zero-order valence-electron chi connectivity index (χ0n) is 5.32. The van der Waals surface area contributed by atoms with Gasteiger partial charge in [-0.25, -0.2) is 0 Å². The Bertz CT molecular complexity index is 79.1. The van der Waals surface area contributed by atoms with Gasteiger partial charge in [0, 0.05) is 0 Å². The molecular formula is C6H12I2N-. The van der Waals surface area contributed by atoms with Crippen LogP contribution in [-0.4, -0.2) is 9.97 Å². The van der Waals surface area contributed by atoms with Gasteiger partial charge in [0.25, 0.3) is 0 Å². The van der Waals surface area contributed by atoms with Gasteiger partial charge >= 0.3 is 77.2 Å². The van der Waals surface area contributed by atoms with E-state index in [1.165, 1.54) is 25.7 Å². The number of nitrogens with two attached hydrogens (primary N) is 1. The van der Waals surface area contributed by atoms with Gasteiger partial charge in [-0.15, -0.1) is 0 Å². The summed E-state index contributed by atoms with van der Waals surface area (Å²) in [4.78, 5) is 0. The van der Waals surface area contributed by atoms with Crippen LogP contribution in [0.3, 0.4) is 0 Å². The molecule has 0 radical (unpaired) electrons. The van der Waals surface area contributed by atoms with Crippen LogP contribution in [0.2, 0.25) is 0 Å². The Labute approximate surface area is 76.6 Å². The SMILES string of the molecule is NC1CCC([I-]I)CC1. The molecule has 0 aromatic rings. The first-order chi connectivity index (χ1) is 4.33. The van der Waals surface area contributed by atoms with Gasteiger partial charge in [-0.1, -0.05) is 0 Å². The van der Waals surface area contributed by atoms with Gasteiger partial charge < -0.3 is 0 Å². The summed E-state index contributed by atoms with van der Waals surface area (Å²) in [6, 6.07) is 0.535. The van der Waals surface area contributed by atoms with Crippen LogP contribution in [0, 0.1) is 0 Å². The van der Waals surface area contributed by atoms with Crippen molar-refractivity contribution in [3.63, 3.8) is 0 Å². The Morgan fingerprint density at radius 1 is 1.22 bits per heavy atom. The van der Waals surface area contributed by atoms with Crippen LogP contribution in [0.15, 0.2) is 0 Å². The summed E-state index contributed by atoms with van der Waals surface area (Å²) in [5, 5.41) is 0. The Morgan fingerprint density at radius 2 is 1.78 bits per heavy atom. The van der Waals surface area contributed by atoms with E-state index in [0.29, 0.717) is 23.3 Å². The van der Waals surface area contributed by atoms with Crippen molar-refractivity contribution in [1.29, 1.82) is 0 Å². The number of hydrogen-bond acceptors (Lipinski definition) is 1.